The monoisotopic (exact) mass is 372 g/mol. The minimum absolute atomic E-state index is 0.0324. The van der Waals surface area contributed by atoms with Gasteiger partial charge < -0.3 is 15.7 Å². The molecule has 142 valence electrons. The van der Waals surface area contributed by atoms with Crippen molar-refractivity contribution in [2.75, 3.05) is 5.32 Å². The Morgan fingerprint density at radius 2 is 1.74 bits per heavy atom. The van der Waals surface area contributed by atoms with Crippen LogP contribution in [0, 0.1) is 11.7 Å². The summed E-state index contributed by atoms with van der Waals surface area (Å²) in [6.07, 6.45) is 0.249. The second kappa shape index (κ2) is 8.93. The van der Waals surface area contributed by atoms with Crippen LogP contribution in [0.4, 0.5) is 10.1 Å². The fourth-order valence-electron chi connectivity index (χ4n) is 2.48. The summed E-state index contributed by atoms with van der Waals surface area (Å²) in [5.41, 5.74) is 0.322. The highest BCUT2D eigenvalue weighted by Crippen LogP contribution is 2.18. The van der Waals surface area contributed by atoms with Gasteiger partial charge in [0.2, 0.25) is 5.91 Å². The standard InChI is InChI=1S/C20H21FN2O4/c1-12(2)10-17(24)22-16-9-8-14(11-15(16)21)19(25)23-18(20(26)27)13-6-4-3-5-7-13/h3-9,11-12,18H,10H2,1-2H3,(H,22,24)(H,23,25)(H,26,27). The van der Waals surface area contributed by atoms with Crippen LogP contribution >= 0.6 is 0 Å². The number of nitrogens with one attached hydrogen (secondary N) is 2. The lowest BCUT2D eigenvalue weighted by Crippen LogP contribution is -2.33. The Bertz CT molecular complexity index is 837. The highest BCUT2D eigenvalue weighted by molar-refractivity contribution is 5.98. The third-order valence-electron chi connectivity index (χ3n) is 3.75. The zero-order valence-electron chi connectivity index (χ0n) is 15.0. The first-order valence-electron chi connectivity index (χ1n) is 8.46. The van der Waals surface area contributed by atoms with E-state index >= 15 is 0 Å². The van der Waals surface area contributed by atoms with E-state index in [0.29, 0.717) is 5.56 Å². The molecule has 0 aliphatic rings. The molecule has 0 bridgehead atoms. The van der Waals surface area contributed by atoms with Crippen molar-refractivity contribution in [2.24, 2.45) is 5.92 Å². The molecule has 2 amide bonds. The van der Waals surface area contributed by atoms with Gasteiger partial charge in [-0.3, -0.25) is 9.59 Å². The molecular weight excluding hydrogens is 351 g/mol. The van der Waals surface area contributed by atoms with Crippen LogP contribution in [-0.2, 0) is 9.59 Å². The number of rotatable bonds is 7. The molecular formula is C20H21FN2O4. The summed E-state index contributed by atoms with van der Waals surface area (Å²) in [4.78, 5) is 35.5. The molecule has 2 aromatic rings. The molecule has 0 fully saturated rings. The van der Waals surface area contributed by atoms with Crippen LogP contribution in [0.2, 0.25) is 0 Å². The van der Waals surface area contributed by atoms with Crippen LogP contribution in [0.25, 0.3) is 0 Å². The SMILES string of the molecule is CC(C)CC(=O)Nc1ccc(C(=O)NC(C(=O)O)c2ccccc2)cc1F. The number of carbonyl (C=O) groups excluding carboxylic acids is 2. The molecule has 1 atom stereocenters. The highest BCUT2D eigenvalue weighted by atomic mass is 19.1. The molecule has 0 aliphatic carbocycles. The summed E-state index contributed by atoms with van der Waals surface area (Å²) in [6.45, 7) is 3.74. The average Bonchev–Trinajstić information content (AvgIpc) is 2.61. The van der Waals surface area contributed by atoms with Gasteiger partial charge in [-0.25, -0.2) is 9.18 Å². The summed E-state index contributed by atoms with van der Waals surface area (Å²) in [6, 6.07) is 10.5. The van der Waals surface area contributed by atoms with Gasteiger partial charge in [-0.05, 0) is 29.7 Å². The molecule has 0 saturated heterocycles. The Balaban J connectivity index is 2.13. The number of carbonyl (C=O) groups is 3. The normalized spacial score (nSPS) is 11.7. The smallest absolute Gasteiger partial charge is 0.330 e. The van der Waals surface area contributed by atoms with E-state index in [0.717, 1.165) is 6.07 Å². The maximum atomic E-state index is 14.2. The van der Waals surface area contributed by atoms with Crippen molar-refractivity contribution in [2.45, 2.75) is 26.3 Å². The minimum Gasteiger partial charge on any atom is -0.479 e. The van der Waals surface area contributed by atoms with Gasteiger partial charge >= 0.3 is 5.97 Å². The molecule has 7 heteroatoms. The number of hydrogen-bond acceptors (Lipinski definition) is 3. The summed E-state index contributed by atoms with van der Waals surface area (Å²) in [5.74, 6) is -2.93. The van der Waals surface area contributed by atoms with Crippen LogP contribution in [0.1, 0.15) is 42.2 Å². The molecule has 0 radical (unpaired) electrons. The van der Waals surface area contributed by atoms with Gasteiger partial charge in [-0.15, -0.1) is 0 Å². The first-order valence-corrected chi connectivity index (χ1v) is 8.46. The Hall–Kier alpha value is -3.22. The Labute approximate surface area is 156 Å². The molecule has 3 N–H and O–H groups in total. The van der Waals surface area contributed by atoms with Gasteiger partial charge in [0.05, 0.1) is 5.69 Å². The number of hydrogen-bond donors (Lipinski definition) is 3. The molecule has 0 heterocycles. The maximum Gasteiger partial charge on any atom is 0.330 e. The second-order valence-electron chi connectivity index (χ2n) is 6.50. The van der Waals surface area contributed by atoms with E-state index in [1.807, 2.05) is 13.8 Å². The van der Waals surface area contributed by atoms with Crippen molar-refractivity contribution in [1.82, 2.24) is 5.32 Å². The van der Waals surface area contributed by atoms with E-state index in [4.69, 9.17) is 0 Å². The van der Waals surface area contributed by atoms with E-state index in [1.54, 1.807) is 30.3 Å². The molecule has 0 aromatic heterocycles. The van der Waals surface area contributed by atoms with E-state index in [-0.39, 0.29) is 29.5 Å². The largest absolute Gasteiger partial charge is 0.479 e. The lowest BCUT2D eigenvalue weighted by atomic mass is 10.1. The number of anilines is 1. The van der Waals surface area contributed by atoms with E-state index in [2.05, 4.69) is 10.6 Å². The maximum absolute atomic E-state index is 14.2. The van der Waals surface area contributed by atoms with Crippen molar-refractivity contribution in [3.8, 4) is 0 Å². The zero-order valence-corrected chi connectivity index (χ0v) is 15.0. The number of carboxylic acids is 1. The molecule has 0 spiro atoms. The van der Waals surface area contributed by atoms with Gasteiger partial charge in [-0.1, -0.05) is 44.2 Å². The topological polar surface area (TPSA) is 95.5 Å². The first kappa shape index (κ1) is 20.1. The van der Waals surface area contributed by atoms with Crippen molar-refractivity contribution in [3.05, 3.63) is 65.5 Å². The predicted molar refractivity (Wildman–Crippen MR) is 98.8 cm³/mol. The molecule has 0 saturated carbocycles. The Morgan fingerprint density at radius 3 is 2.30 bits per heavy atom. The van der Waals surface area contributed by atoms with Crippen molar-refractivity contribution in [3.63, 3.8) is 0 Å². The molecule has 1 unspecified atom stereocenters. The highest BCUT2D eigenvalue weighted by Gasteiger charge is 2.23. The van der Waals surface area contributed by atoms with Crippen molar-refractivity contribution < 1.29 is 23.9 Å². The summed E-state index contributed by atoms with van der Waals surface area (Å²) in [7, 11) is 0. The number of benzene rings is 2. The molecule has 6 nitrogen and oxygen atoms in total. The first-order chi connectivity index (χ1) is 12.8. The summed E-state index contributed by atoms with van der Waals surface area (Å²) >= 11 is 0. The van der Waals surface area contributed by atoms with Crippen molar-refractivity contribution >= 4 is 23.5 Å². The number of halogens is 1. The predicted octanol–water partition coefficient (Wildman–Crippen LogP) is 3.37. The van der Waals surface area contributed by atoms with Crippen LogP contribution in [-0.4, -0.2) is 22.9 Å². The van der Waals surface area contributed by atoms with E-state index in [1.165, 1.54) is 12.1 Å². The lowest BCUT2D eigenvalue weighted by Gasteiger charge is -2.15. The van der Waals surface area contributed by atoms with Crippen LogP contribution in [0.3, 0.4) is 0 Å². The van der Waals surface area contributed by atoms with Gasteiger partial charge in [0.25, 0.3) is 5.91 Å². The van der Waals surface area contributed by atoms with Gasteiger partial charge in [0.15, 0.2) is 6.04 Å². The number of aliphatic carboxylic acids is 1. The Kier molecular flexibility index (Phi) is 6.65. The molecule has 2 rings (SSSR count). The zero-order chi connectivity index (χ0) is 20.0. The van der Waals surface area contributed by atoms with Gasteiger partial charge in [0, 0.05) is 12.0 Å². The number of carboxylic acid groups (broad SMARTS) is 1. The van der Waals surface area contributed by atoms with Gasteiger partial charge in [0.1, 0.15) is 5.82 Å². The van der Waals surface area contributed by atoms with E-state index < -0.39 is 23.7 Å². The summed E-state index contributed by atoms with van der Waals surface area (Å²) < 4.78 is 14.2. The quantitative estimate of drug-likeness (QED) is 0.694. The second-order valence-corrected chi connectivity index (χ2v) is 6.50. The summed E-state index contributed by atoms with van der Waals surface area (Å²) in [5, 5.41) is 14.2. The van der Waals surface area contributed by atoms with E-state index in [9.17, 15) is 23.9 Å². The number of amides is 2. The van der Waals surface area contributed by atoms with Crippen LogP contribution in [0.15, 0.2) is 48.5 Å². The Morgan fingerprint density at radius 1 is 1.07 bits per heavy atom. The third kappa shape index (κ3) is 5.64. The fourth-order valence-corrected chi connectivity index (χ4v) is 2.48. The molecule has 27 heavy (non-hydrogen) atoms. The van der Waals surface area contributed by atoms with Gasteiger partial charge in [-0.2, -0.15) is 0 Å². The minimum atomic E-state index is -1.26. The fraction of sp³-hybridized carbons (Fsp3) is 0.250. The van der Waals surface area contributed by atoms with Crippen LogP contribution in [0.5, 0.6) is 0 Å². The molecule has 0 aliphatic heterocycles. The van der Waals surface area contributed by atoms with Crippen LogP contribution < -0.4 is 10.6 Å². The van der Waals surface area contributed by atoms with Crippen molar-refractivity contribution in [1.29, 1.82) is 0 Å². The average molecular weight is 372 g/mol. The third-order valence-corrected chi connectivity index (χ3v) is 3.75. The molecule has 2 aromatic carbocycles. The lowest BCUT2D eigenvalue weighted by molar-refractivity contribution is -0.139.